The Morgan fingerprint density at radius 3 is 2.40 bits per heavy atom. The summed E-state index contributed by atoms with van der Waals surface area (Å²) < 4.78 is 10.5. The van der Waals surface area contributed by atoms with Crippen LogP contribution in [0.1, 0.15) is 25.3 Å². The van der Waals surface area contributed by atoms with Crippen molar-refractivity contribution in [3.05, 3.63) is 72.3 Å². The number of nitrogens with zero attached hydrogens (tertiary/aromatic N) is 1. The predicted molar refractivity (Wildman–Crippen MR) is 110 cm³/mol. The second-order valence-electron chi connectivity index (χ2n) is 7.81. The summed E-state index contributed by atoms with van der Waals surface area (Å²) >= 11 is 0. The van der Waals surface area contributed by atoms with Gasteiger partial charge in [0.1, 0.15) is 16.9 Å². The maximum Gasteiger partial charge on any atom is 0.330 e. The van der Waals surface area contributed by atoms with Crippen LogP contribution in [0.15, 0.2) is 66.7 Å². The molecule has 1 fully saturated rings. The van der Waals surface area contributed by atoms with E-state index in [1.54, 1.807) is 38.1 Å². The van der Waals surface area contributed by atoms with Crippen molar-refractivity contribution in [1.82, 2.24) is 0 Å². The van der Waals surface area contributed by atoms with Gasteiger partial charge in [-0.3, -0.25) is 4.79 Å². The molecule has 6 heteroatoms. The number of carboxylic acids is 1. The summed E-state index contributed by atoms with van der Waals surface area (Å²) in [5, 5.41) is 20.2. The van der Waals surface area contributed by atoms with E-state index in [-0.39, 0.29) is 0 Å². The van der Waals surface area contributed by atoms with Gasteiger partial charge < -0.3 is 14.6 Å². The molecule has 0 heterocycles. The van der Waals surface area contributed by atoms with E-state index in [0.717, 1.165) is 0 Å². The number of nitriles is 1. The van der Waals surface area contributed by atoms with Crippen molar-refractivity contribution in [1.29, 1.82) is 5.26 Å². The fourth-order valence-corrected chi connectivity index (χ4v) is 4.38. The summed E-state index contributed by atoms with van der Waals surface area (Å²) in [5.41, 5.74) is -1.56. The maximum absolute atomic E-state index is 12.4. The van der Waals surface area contributed by atoms with Crippen LogP contribution in [0.5, 0.6) is 11.5 Å². The number of allylic oxidation sites excluding steroid dienone is 1. The standard InChI is InChI=1S/C24H23NO5/c1-23(2)20(12-13-21(26)29-3)24(23,22(27)28)19(15-25)16-8-7-11-18(14-16)30-17-9-5-4-6-10-17/h4-14,19-20H,1-3H3,(H,27,28)/t19?,20-,24+/m0/s1. The summed E-state index contributed by atoms with van der Waals surface area (Å²) in [5.74, 6) is -1.93. The summed E-state index contributed by atoms with van der Waals surface area (Å²) in [6, 6.07) is 18.3. The van der Waals surface area contributed by atoms with Gasteiger partial charge in [0.25, 0.3) is 0 Å². The van der Waals surface area contributed by atoms with E-state index in [2.05, 4.69) is 10.8 Å². The fraction of sp³-hybridized carbons (Fsp3) is 0.292. The number of rotatable bonds is 7. The molecular weight excluding hydrogens is 382 g/mol. The number of carbonyl (C=O) groups is 2. The highest BCUT2D eigenvalue weighted by atomic mass is 16.5. The molecule has 0 aliphatic heterocycles. The Kier molecular flexibility index (Phi) is 5.66. The van der Waals surface area contributed by atoms with Gasteiger partial charge in [0.15, 0.2) is 0 Å². The molecule has 30 heavy (non-hydrogen) atoms. The number of carboxylic acid groups (broad SMARTS) is 1. The molecule has 1 unspecified atom stereocenters. The van der Waals surface area contributed by atoms with E-state index >= 15 is 0 Å². The minimum atomic E-state index is -1.38. The van der Waals surface area contributed by atoms with Crippen molar-refractivity contribution < 1.29 is 24.2 Å². The van der Waals surface area contributed by atoms with Gasteiger partial charge in [-0.05, 0) is 35.2 Å². The van der Waals surface area contributed by atoms with Crippen LogP contribution in [0.3, 0.4) is 0 Å². The number of benzene rings is 2. The predicted octanol–water partition coefficient (Wildman–Crippen LogP) is 4.54. The Balaban J connectivity index is 1.98. The van der Waals surface area contributed by atoms with Crippen LogP contribution in [-0.4, -0.2) is 24.2 Å². The SMILES string of the molecule is COC(=O)C=C[C@H]1C(C)(C)[C@]1(C(=O)O)C(C#N)c1cccc(Oc2ccccc2)c1. The van der Waals surface area contributed by atoms with E-state index in [9.17, 15) is 20.0 Å². The number of hydrogen-bond donors (Lipinski definition) is 1. The summed E-state index contributed by atoms with van der Waals surface area (Å²) in [7, 11) is 1.26. The third-order valence-corrected chi connectivity index (χ3v) is 5.99. The molecule has 2 aromatic carbocycles. The van der Waals surface area contributed by atoms with E-state index < -0.39 is 34.6 Å². The van der Waals surface area contributed by atoms with Crippen molar-refractivity contribution in [3.8, 4) is 17.6 Å². The van der Waals surface area contributed by atoms with Gasteiger partial charge in [-0.25, -0.2) is 4.79 Å². The quantitative estimate of drug-likeness (QED) is 0.536. The second kappa shape index (κ2) is 8.03. The Bertz CT molecular complexity index is 1020. The molecule has 1 aliphatic carbocycles. The molecule has 2 aromatic rings. The molecule has 3 atom stereocenters. The van der Waals surface area contributed by atoms with Crippen molar-refractivity contribution in [2.45, 2.75) is 19.8 Å². The van der Waals surface area contributed by atoms with Gasteiger partial charge in [-0.2, -0.15) is 5.26 Å². The summed E-state index contributed by atoms with van der Waals surface area (Å²) in [4.78, 5) is 24.0. The number of hydrogen-bond acceptors (Lipinski definition) is 5. The smallest absolute Gasteiger partial charge is 0.330 e. The summed E-state index contributed by atoms with van der Waals surface area (Å²) in [6.07, 6.45) is 2.76. The van der Waals surface area contributed by atoms with Crippen molar-refractivity contribution in [2.24, 2.45) is 16.7 Å². The lowest BCUT2D eigenvalue weighted by Gasteiger charge is -2.22. The number of methoxy groups -OCH3 is 1. The van der Waals surface area contributed by atoms with Gasteiger partial charge in [-0.1, -0.05) is 50.3 Å². The van der Waals surface area contributed by atoms with Crippen LogP contribution in [0.4, 0.5) is 0 Å². The Morgan fingerprint density at radius 1 is 1.13 bits per heavy atom. The first kappa shape index (κ1) is 21.1. The number of para-hydroxylation sites is 1. The van der Waals surface area contributed by atoms with Crippen LogP contribution in [0, 0.1) is 28.1 Å². The first-order valence-electron chi connectivity index (χ1n) is 9.51. The molecule has 0 radical (unpaired) electrons. The largest absolute Gasteiger partial charge is 0.481 e. The lowest BCUT2D eigenvalue weighted by Crippen LogP contribution is -2.28. The Hall–Kier alpha value is -3.59. The average Bonchev–Trinajstić information content (AvgIpc) is 3.23. The van der Waals surface area contributed by atoms with Crippen LogP contribution < -0.4 is 4.74 Å². The fourth-order valence-electron chi connectivity index (χ4n) is 4.38. The van der Waals surface area contributed by atoms with E-state index in [4.69, 9.17) is 4.74 Å². The average molecular weight is 405 g/mol. The van der Waals surface area contributed by atoms with E-state index in [0.29, 0.717) is 17.1 Å². The van der Waals surface area contributed by atoms with Gasteiger partial charge in [0, 0.05) is 12.0 Å². The minimum Gasteiger partial charge on any atom is -0.481 e. The third kappa shape index (κ3) is 3.43. The Labute approximate surface area is 175 Å². The molecule has 0 saturated heterocycles. The molecule has 154 valence electrons. The molecular formula is C24H23NO5. The normalized spacial score (nSPS) is 22.7. The van der Waals surface area contributed by atoms with Crippen molar-refractivity contribution >= 4 is 11.9 Å². The number of ether oxygens (including phenoxy) is 2. The van der Waals surface area contributed by atoms with Crippen LogP contribution >= 0.6 is 0 Å². The molecule has 6 nitrogen and oxygen atoms in total. The first-order chi connectivity index (χ1) is 14.3. The zero-order chi connectivity index (χ0) is 21.9. The van der Waals surface area contributed by atoms with Gasteiger partial charge >= 0.3 is 11.9 Å². The topological polar surface area (TPSA) is 96.6 Å². The van der Waals surface area contributed by atoms with E-state index in [1.165, 1.54) is 19.3 Å². The van der Waals surface area contributed by atoms with Crippen LogP contribution in [0.25, 0.3) is 0 Å². The zero-order valence-electron chi connectivity index (χ0n) is 17.0. The molecule has 1 N–H and O–H groups in total. The van der Waals surface area contributed by atoms with Crippen LogP contribution in [-0.2, 0) is 14.3 Å². The number of esters is 1. The maximum atomic E-state index is 12.4. The molecule has 0 aromatic heterocycles. The first-order valence-corrected chi connectivity index (χ1v) is 9.51. The van der Waals surface area contributed by atoms with E-state index in [1.807, 2.05) is 30.3 Å². The molecule has 0 spiro atoms. The molecule has 0 bridgehead atoms. The minimum absolute atomic E-state index is 0.509. The summed E-state index contributed by atoms with van der Waals surface area (Å²) in [6.45, 7) is 3.59. The highest BCUT2D eigenvalue weighted by Crippen LogP contribution is 2.75. The molecule has 1 aliphatic rings. The van der Waals surface area contributed by atoms with Gasteiger partial charge in [0.2, 0.25) is 0 Å². The molecule has 1 saturated carbocycles. The molecule has 0 amide bonds. The van der Waals surface area contributed by atoms with Crippen molar-refractivity contribution in [3.63, 3.8) is 0 Å². The van der Waals surface area contributed by atoms with Gasteiger partial charge in [-0.15, -0.1) is 0 Å². The highest BCUT2D eigenvalue weighted by molar-refractivity contribution is 5.86. The lowest BCUT2D eigenvalue weighted by atomic mass is 9.78. The number of carbonyl (C=O) groups excluding carboxylic acids is 1. The monoisotopic (exact) mass is 405 g/mol. The lowest BCUT2D eigenvalue weighted by molar-refractivity contribution is -0.145. The molecule has 3 rings (SSSR count). The number of aliphatic carboxylic acids is 1. The third-order valence-electron chi connectivity index (χ3n) is 5.99. The highest BCUT2D eigenvalue weighted by Gasteiger charge is 2.78. The van der Waals surface area contributed by atoms with Crippen LogP contribution in [0.2, 0.25) is 0 Å². The zero-order valence-corrected chi connectivity index (χ0v) is 17.0. The Morgan fingerprint density at radius 2 is 1.80 bits per heavy atom. The van der Waals surface area contributed by atoms with Crippen molar-refractivity contribution in [2.75, 3.05) is 7.11 Å². The van der Waals surface area contributed by atoms with Gasteiger partial charge in [0.05, 0.1) is 19.1 Å². The second-order valence-corrected chi connectivity index (χ2v) is 7.81.